The third-order valence-corrected chi connectivity index (χ3v) is 6.12. The van der Waals surface area contributed by atoms with Gasteiger partial charge in [-0.15, -0.1) is 0 Å². The number of hydrazine groups is 1. The summed E-state index contributed by atoms with van der Waals surface area (Å²) < 4.78 is 0. The Morgan fingerprint density at radius 2 is 1.92 bits per heavy atom. The molecule has 2 fully saturated rings. The molecule has 1 aromatic rings. The Hall–Kier alpha value is -1.40. The number of fused-ring (bicyclic) bond motifs is 2. The first-order valence-electron chi connectivity index (χ1n) is 9.87. The van der Waals surface area contributed by atoms with Crippen molar-refractivity contribution in [1.29, 1.82) is 0 Å². The lowest BCUT2D eigenvalue weighted by atomic mass is 9.83. The molecule has 6 nitrogen and oxygen atoms in total. The highest BCUT2D eigenvalue weighted by Crippen LogP contribution is 2.34. The highest BCUT2D eigenvalue weighted by Gasteiger charge is 2.41. The van der Waals surface area contributed by atoms with Gasteiger partial charge in [0.1, 0.15) is 5.82 Å². The normalized spacial score (nSPS) is 28.8. The van der Waals surface area contributed by atoms with Crippen LogP contribution in [0.2, 0.25) is 0 Å². The highest BCUT2D eigenvalue weighted by molar-refractivity contribution is 5.54. The van der Waals surface area contributed by atoms with E-state index in [2.05, 4.69) is 29.6 Å². The summed E-state index contributed by atoms with van der Waals surface area (Å²) in [7, 11) is 4.08. The van der Waals surface area contributed by atoms with Crippen LogP contribution in [0.5, 0.6) is 0 Å². The fraction of sp³-hybridized carbons (Fsp3) is 0.789. The first-order valence-corrected chi connectivity index (χ1v) is 9.87. The van der Waals surface area contributed by atoms with Crippen LogP contribution in [0.1, 0.15) is 44.4 Å². The Morgan fingerprint density at radius 1 is 1.12 bits per heavy atom. The molecule has 3 atom stereocenters. The molecule has 1 aliphatic carbocycles. The predicted octanol–water partition coefficient (Wildman–Crippen LogP) is 1.75. The summed E-state index contributed by atoms with van der Waals surface area (Å²) in [4.78, 5) is 14.4. The third kappa shape index (κ3) is 3.10. The summed E-state index contributed by atoms with van der Waals surface area (Å²) in [5, 5.41) is 0. The van der Waals surface area contributed by atoms with Gasteiger partial charge in [-0.1, -0.05) is 13.8 Å². The molecule has 2 aliphatic heterocycles. The second kappa shape index (κ2) is 6.72. The summed E-state index contributed by atoms with van der Waals surface area (Å²) >= 11 is 0. The van der Waals surface area contributed by atoms with Crippen molar-refractivity contribution in [2.24, 2.45) is 11.8 Å². The molecular weight excluding hydrogens is 312 g/mol. The molecule has 25 heavy (non-hydrogen) atoms. The molecule has 2 saturated heterocycles. The number of hydrogen-bond acceptors (Lipinski definition) is 6. The van der Waals surface area contributed by atoms with Gasteiger partial charge >= 0.3 is 0 Å². The van der Waals surface area contributed by atoms with Crippen molar-refractivity contribution in [3.63, 3.8) is 0 Å². The van der Waals surface area contributed by atoms with Crippen LogP contribution >= 0.6 is 0 Å². The molecule has 0 bridgehead atoms. The van der Waals surface area contributed by atoms with Crippen LogP contribution in [0.15, 0.2) is 0 Å². The number of aromatic nitrogens is 2. The van der Waals surface area contributed by atoms with Crippen LogP contribution in [0.4, 0.5) is 11.8 Å². The van der Waals surface area contributed by atoms with Gasteiger partial charge in [-0.25, -0.2) is 4.98 Å². The standard InChI is InChI=1S/C19H32N6/c1-12(2)17-14-11-25(10-9-16(14)22-23-17)18-13-7-5-6-8-15(13)20-19(21-18)24(3)4/h12,14,16-17,22-23H,5-11H2,1-4H3. The van der Waals surface area contributed by atoms with Crippen molar-refractivity contribution in [3.8, 4) is 0 Å². The molecule has 6 heteroatoms. The Balaban J connectivity index is 1.66. The number of piperidine rings is 1. The average molecular weight is 345 g/mol. The minimum absolute atomic E-state index is 0.541. The van der Waals surface area contributed by atoms with Crippen molar-refractivity contribution < 1.29 is 0 Å². The minimum atomic E-state index is 0.541. The fourth-order valence-electron chi connectivity index (χ4n) is 4.71. The smallest absolute Gasteiger partial charge is 0.227 e. The van der Waals surface area contributed by atoms with Gasteiger partial charge in [-0.2, -0.15) is 4.98 Å². The molecule has 3 heterocycles. The van der Waals surface area contributed by atoms with Crippen LogP contribution in [-0.4, -0.2) is 49.2 Å². The topological polar surface area (TPSA) is 56.3 Å². The maximum Gasteiger partial charge on any atom is 0.227 e. The number of nitrogens with zero attached hydrogens (tertiary/aromatic N) is 4. The summed E-state index contributed by atoms with van der Waals surface area (Å²) in [6.07, 6.45) is 5.93. The molecule has 0 saturated carbocycles. The lowest BCUT2D eigenvalue weighted by Crippen LogP contribution is -2.48. The molecule has 0 radical (unpaired) electrons. The van der Waals surface area contributed by atoms with Crippen molar-refractivity contribution in [3.05, 3.63) is 11.3 Å². The van der Waals surface area contributed by atoms with E-state index in [4.69, 9.17) is 9.97 Å². The van der Waals surface area contributed by atoms with Crippen LogP contribution in [0, 0.1) is 11.8 Å². The zero-order chi connectivity index (χ0) is 17.6. The number of nitrogens with one attached hydrogen (secondary N) is 2. The van der Waals surface area contributed by atoms with Crippen LogP contribution < -0.4 is 20.7 Å². The minimum Gasteiger partial charge on any atom is -0.356 e. The molecule has 0 aromatic carbocycles. The predicted molar refractivity (Wildman–Crippen MR) is 102 cm³/mol. The molecule has 3 aliphatic rings. The zero-order valence-electron chi connectivity index (χ0n) is 16.0. The van der Waals surface area contributed by atoms with E-state index in [1.165, 1.54) is 36.3 Å². The molecular formula is C19H32N6. The quantitative estimate of drug-likeness (QED) is 0.871. The van der Waals surface area contributed by atoms with Crippen molar-refractivity contribution in [1.82, 2.24) is 20.8 Å². The van der Waals surface area contributed by atoms with E-state index in [0.717, 1.165) is 31.9 Å². The van der Waals surface area contributed by atoms with Gasteiger partial charge in [0.15, 0.2) is 0 Å². The van der Waals surface area contributed by atoms with E-state index in [1.54, 1.807) is 0 Å². The fourth-order valence-corrected chi connectivity index (χ4v) is 4.71. The second-order valence-corrected chi connectivity index (χ2v) is 8.44. The van der Waals surface area contributed by atoms with Crippen molar-refractivity contribution in [2.75, 3.05) is 37.0 Å². The van der Waals surface area contributed by atoms with Crippen LogP contribution in [0.25, 0.3) is 0 Å². The Kier molecular flexibility index (Phi) is 4.58. The first kappa shape index (κ1) is 17.0. The van der Waals surface area contributed by atoms with Gasteiger partial charge in [0.2, 0.25) is 5.95 Å². The van der Waals surface area contributed by atoms with Gasteiger partial charge in [-0.3, -0.25) is 10.9 Å². The van der Waals surface area contributed by atoms with Gasteiger partial charge in [0.05, 0.1) is 5.69 Å². The molecule has 2 N–H and O–H groups in total. The highest BCUT2D eigenvalue weighted by atomic mass is 15.4. The number of hydrogen-bond donors (Lipinski definition) is 2. The SMILES string of the molecule is CC(C)C1NNC2CCN(c3nc(N(C)C)nc4c3CCCC4)CC21. The Labute approximate surface area is 151 Å². The lowest BCUT2D eigenvalue weighted by Gasteiger charge is -2.39. The van der Waals surface area contributed by atoms with E-state index in [-0.39, 0.29) is 0 Å². The van der Waals surface area contributed by atoms with E-state index in [0.29, 0.717) is 23.9 Å². The number of aryl methyl sites for hydroxylation is 1. The van der Waals surface area contributed by atoms with E-state index < -0.39 is 0 Å². The molecule has 0 spiro atoms. The average Bonchev–Trinajstić information content (AvgIpc) is 3.04. The lowest BCUT2D eigenvalue weighted by molar-refractivity contribution is 0.308. The van der Waals surface area contributed by atoms with Crippen molar-refractivity contribution >= 4 is 11.8 Å². The first-order chi connectivity index (χ1) is 12.0. The van der Waals surface area contributed by atoms with Crippen LogP contribution in [0.3, 0.4) is 0 Å². The Bertz CT molecular complexity index is 629. The van der Waals surface area contributed by atoms with E-state index >= 15 is 0 Å². The number of rotatable bonds is 3. The maximum atomic E-state index is 4.99. The Morgan fingerprint density at radius 3 is 2.68 bits per heavy atom. The van der Waals surface area contributed by atoms with Crippen LogP contribution in [-0.2, 0) is 12.8 Å². The van der Waals surface area contributed by atoms with Crippen molar-refractivity contribution in [2.45, 2.75) is 58.0 Å². The summed E-state index contributed by atoms with van der Waals surface area (Å²) in [5.74, 6) is 3.35. The largest absolute Gasteiger partial charge is 0.356 e. The zero-order valence-corrected chi connectivity index (χ0v) is 16.0. The van der Waals surface area contributed by atoms with E-state index in [9.17, 15) is 0 Å². The maximum absolute atomic E-state index is 4.99. The summed E-state index contributed by atoms with van der Waals surface area (Å²) in [5.41, 5.74) is 9.78. The second-order valence-electron chi connectivity index (χ2n) is 8.44. The van der Waals surface area contributed by atoms with E-state index in [1.807, 2.05) is 19.0 Å². The number of anilines is 2. The molecule has 138 valence electrons. The summed E-state index contributed by atoms with van der Waals surface area (Å²) in [6.45, 7) is 6.80. The molecule has 3 unspecified atom stereocenters. The summed E-state index contributed by atoms with van der Waals surface area (Å²) in [6, 6.07) is 1.13. The third-order valence-electron chi connectivity index (χ3n) is 6.12. The molecule has 0 amide bonds. The molecule has 4 rings (SSSR count). The molecule has 1 aromatic heterocycles. The van der Waals surface area contributed by atoms with Gasteiger partial charge in [0.25, 0.3) is 0 Å². The van der Waals surface area contributed by atoms with Gasteiger partial charge in [-0.05, 0) is 38.0 Å². The van der Waals surface area contributed by atoms with Gasteiger partial charge in [0, 0.05) is 50.7 Å². The monoisotopic (exact) mass is 344 g/mol. The van der Waals surface area contributed by atoms with Gasteiger partial charge < -0.3 is 9.80 Å².